The fraction of sp³-hybridized carbons (Fsp3) is 0.455. The third kappa shape index (κ3) is 4.00. The van der Waals surface area contributed by atoms with Crippen LogP contribution in [0.3, 0.4) is 0 Å². The Labute approximate surface area is 184 Å². The first-order chi connectivity index (χ1) is 15.1. The molecule has 2 aliphatic heterocycles. The average Bonchev–Trinajstić information content (AvgIpc) is 3.18. The number of morpholine rings is 2. The van der Waals surface area contributed by atoms with Gasteiger partial charge in [0, 0.05) is 55.1 Å². The average molecular weight is 440 g/mol. The molecule has 5 rings (SSSR count). The molecule has 9 heteroatoms. The van der Waals surface area contributed by atoms with E-state index < -0.39 is 0 Å². The quantitative estimate of drug-likeness (QED) is 0.621. The predicted octanol–water partition coefficient (Wildman–Crippen LogP) is 2.75. The molecule has 0 aliphatic carbocycles. The number of rotatable bonds is 3. The fourth-order valence-electron chi connectivity index (χ4n) is 4.23. The van der Waals surface area contributed by atoms with Crippen molar-refractivity contribution in [3.05, 3.63) is 46.4 Å². The largest absolute Gasteiger partial charge is 0.378 e. The summed E-state index contributed by atoms with van der Waals surface area (Å²) < 4.78 is 11.6. The summed E-state index contributed by atoms with van der Waals surface area (Å²) in [6.45, 7) is 8.19. The van der Waals surface area contributed by atoms with Crippen molar-refractivity contribution >= 4 is 33.3 Å². The molecule has 1 atom stereocenters. The molecule has 0 radical (unpaired) electrons. The standard InChI is InChI=1S/C22H25N5O3S/c1-14-12-18(25-15(2)24-14)27-8-11-30-17(13-27)19-16-4-3-5-23-21(16)31-20(19)22(28)26-6-9-29-10-7-26/h3-5,12,17H,6-11,13H2,1-2H3. The molecule has 0 N–H and O–H groups in total. The monoisotopic (exact) mass is 439 g/mol. The van der Waals surface area contributed by atoms with Crippen LogP contribution in [0.5, 0.6) is 0 Å². The highest BCUT2D eigenvalue weighted by Crippen LogP contribution is 2.38. The van der Waals surface area contributed by atoms with E-state index in [9.17, 15) is 4.79 Å². The van der Waals surface area contributed by atoms with Gasteiger partial charge in [-0.1, -0.05) is 6.07 Å². The van der Waals surface area contributed by atoms with Crippen LogP contribution in [0.1, 0.15) is 32.9 Å². The molecule has 0 aromatic carbocycles. The summed E-state index contributed by atoms with van der Waals surface area (Å²) in [5, 5.41) is 0.992. The number of hydrogen-bond donors (Lipinski definition) is 0. The van der Waals surface area contributed by atoms with Crippen molar-refractivity contribution in [3.63, 3.8) is 0 Å². The zero-order valence-corrected chi connectivity index (χ0v) is 18.5. The van der Waals surface area contributed by atoms with Gasteiger partial charge < -0.3 is 19.3 Å². The fourth-order valence-corrected chi connectivity index (χ4v) is 5.39. The van der Waals surface area contributed by atoms with Crippen LogP contribution in [0.2, 0.25) is 0 Å². The summed E-state index contributed by atoms with van der Waals surface area (Å²) in [4.78, 5) is 32.7. The molecule has 1 unspecified atom stereocenters. The van der Waals surface area contributed by atoms with Gasteiger partial charge in [0.1, 0.15) is 27.5 Å². The molecular weight excluding hydrogens is 414 g/mol. The zero-order valence-electron chi connectivity index (χ0n) is 17.7. The minimum Gasteiger partial charge on any atom is -0.378 e. The number of carbonyl (C=O) groups is 1. The smallest absolute Gasteiger partial charge is 0.264 e. The van der Waals surface area contributed by atoms with Crippen LogP contribution < -0.4 is 4.90 Å². The Kier molecular flexibility index (Phi) is 5.56. The highest BCUT2D eigenvalue weighted by Gasteiger charge is 2.32. The van der Waals surface area contributed by atoms with Crippen LogP contribution in [-0.2, 0) is 9.47 Å². The summed E-state index contributed by atoms with van der Waals surface area (Å²) in [7, 11) is 0. The molecule has 3 aromatic rings. The lowest BCUT2D eigenvalue weighted by Crippen LogP contribution is -2.42. The SMILES string of the molecule is Cc1cc(N2CCOC(c3c(C(=O)N4CCOCC4)sc4ncccc34)C2)nc(C)n1. The van der Waals surface area contributed by atoms with Gasteiger partial charge in [-0.05, 0) is 19.9 Å². The molecule has 31 heavy (non-hydrogen) atoms. The molecular formula is C22H25N5O3S. The maximum Gasteiger partial charge on any atom is 0.264 e. The second kappa shape index (κ2) is 8.49. The Balaban J connectivity index is 1.51. The summed E-state index contributed by atoms with van der Waals surface area (Å²) in [6.07, 6.45) is 1.54. The molecule has 1 amide bonds. The van der Waals surface area contributed by atoms with Gasteiger partial charge in [-0.2, -0.15) is 0 Å². The Morgan fingerprint density at radius 1 is 1.16 bits per heavy atom. The molecule has 162 valence electrons. The van der Waals surface area contributed by atoms with E-state index in [4.69, 9.17) is 9.47 Å². The lowest BCUT2D eigenvalue weighted by Gasteiger charge is -2.34. The molecule has 0 saturated carbocycles. The molecule has 2 fully saturated rings. The number of aryl methyl sites for hydroxylation is 2. The third-order valence-corrected chi connectivity index (χ3v) is 6.78. The number of amides is 1. The summed E-state index contributed by atoms with van der Waals surface area (Å²) in [6, 6.07) is 5.95. The van der Waals surface area contributed by atoms with Crippen molar-refractivity contribution in [1.29, 1.82) is 0 Å². The van der Waals surface area contributed by atoms with Crippen LogP contribution in [0, 0.1) is 13.8 Å². The predicted molar refractivity (Wildman–Crippen MR) is 119 cm³/mol. The maximum atomic E-state index is 13.4. The van der Waals surface area contributed by atoms with Crippen molar-refractivity contribution in [2.45, 2.75) is 20.0 Å². The lowest BCUT2D eigenvalue weighted by molar-refractivity contribution is 0.0281. The van der Waals surface area contributed by atoms with E-state index in [0.29, 0.717) is 39.5 Å². The Morgan fingerprint density at radius 3 is 2.81 bits per heavy atom. The third-order valence-electron chi connectivity index (χ3n) is 5.66. The van der Waals surface area contributed by atoms with E-state index in [1.807, 2.05) is 36.9 Å². The normalized spacial score (nSPS) is 19.7. The summed E-state index contributed by atoms with van der Waals surface area (Å²) in [5.74, 6) is 1.69. The molecule has 3 aromatic heterocycles. The second-order valence-electron chi connectivity index (χ2n) is 7.83. The summed E-state index contributed by atoms with van der Waals surface area (Å²) >= 11 is 1.45. The molecule has 5 heterocycles. The van der Waals surface area contributed by atoms with Crippen LogP contribution in [0.4, 0.5) is 5.82 Å². The van der Waals surface area contributed by atoms with Gasteiger partial charge in [-0.25, -0.2) is 15.0 Å². The first kappa shape index (κ1) is 20.3. The van der Waals surface area contributed by atoms with E-state index in [-0.39, 0.29) is 12.0 Å². The number of aromatic nitrogens is 3. The van der Waals surface area contributed by atoms with Crippen molar-refractivity contribution in [2.24, 2.45) is 0 Å². The van der Waals surface area contributed by atoms with Gasteiger partial charge in [-0.3, -0.25) is 4.79 Å². The zero-order chi connectivity index (χ0) is 21.4. The van der Waals surface area contributed by atoms with Crippen molar-refractivity contribution in [3.8, 4) is 0 Å². The van der Waals surface area contributed by atoms with Crippen LogP contribution in [0.15, 0.2) is 24.4 Å². The number of anilines is 1. The minimum atomic E-state index is -0.234. The molecule has 8 nitrogen and oxygen atoms in total. The topological polar surface area (TPSA) is 80.7 Å². The minimum absolute atomic E-state index is 0.0377. The number of nitrogens with zero attached hydrogens (tertiary/aromatic N) is 5. The number of thiophene rings is 1. The molecule has 0 spiro atoms. The molecule has 0 bridgehead atoms. The van der Waals surface area contributed by atoms with Crippen LogP contribution in [-0.4, -0.2) is 71.8 Å². The van der Waals surface area contributed by atoms with Gasteiger partial charge in [0.2, 0.25) is 0 Å². The highest BCUT2D eigenvalue weighted by atomic mass is 32.1. The number of pyridine rings is 1. The lowest BCUT2D eigenvalue weighted by atomic mass is 10.0. The van der Waals surface area contributed by atoms with E-state index in [1.165, 1.54) is 11.3 Å². The van der Waals surface area contributed by atoms with Gasteiger partial charge in [0.05, 0.1) is 19.8 Å². The van der Waals surface area contributed by atoms with Gasteiger partial charge in [0.15, 0.2) is 0 Å². The van der Waals surface area contributed by atoms with Gasteiger partial charge in [0.25, 0.3) is 5.91 Å². The van der Waals surface area contributed by atoms with Gasteiger partial charge >= 0.3 is 0 Å². The van der Waals surface area contributed by atoms with Crippen molar-refractivity contribution in [1.82, 2.24) is 19.9 Å². The highest BCUT2D eigenvalue weighted by molar-refractivity contribution is 7.20. The van der Waals surface area contributed by atoms with Crippen molar-refractivity contribution < 1.29 is 14.3 Å². The Morgan fingerprint density at radius 2 is 2.00 bits per heavy atom. The van der Waals surface area contributed by atoms with E-state index in [0.717, 1.165) is 44.5 Å². The Hall–Kier alpha value is -2.62. The molecule has 2 saturated heterocycles. The first-order valence-corrected chi connectivity index (χ1v) is 11.3. The summed E-state index contributed by atoms with van der Waals surface area (Å²) in [5.41, 5.74) is 1.88. The molecule has 2 aliphatic rings. The number of fused-ring (bicyclic) bond motifs is 1. The number of carbonyl (C=O) groups excluding carboxylic acids is 1. The maximum absolute atomic E-state index is 13.4. The van der Waals surface area contributed by atoms with E-state index >= 15 is 0 Å². The van der Waals surface area contributed by atoms with Gasteiger partial charge in [-0.15, -0.1) is 11.3 Å². The van der Waals surface area contributed by atoms with Crippen LogP contribution >= 0.6 is 11.3 Å². The van der Waals surface area contributed by atoms with Crippen molar-refractivity contribution in [2.75, 3.05) is 50.9 Å². The Bertz CT molecular complexity index is 1090. The number of hydrogen-bond acceptors (Lipinski definition) is 8. The van der Waals surface area contributed by atoms with E-state index in [1.54, 1.807) is 6.20 Å². The first-order valence-electron chi connectivity index (χ1n) is 10.5. The second-order valence-corrected chi connectivity index (χ2v) is 8.82. The van der Waals surface area contributed by atoms with Crippen LogP contribution in [0.25, 0.3) is 10.2 Å². The number of ether oxygens (including phenoxy) is 2. The van der Waals surface area contributed by atoms with E-state index in [2.05, 4.69) is 19.9 Å².